The highest BCUT2D eigenvalue weighted by Crippen LogP contribution is 2.36. The predicted molar refractivity (Wildman–Crippen MR) is 98.8 cm³/mol. The number of ether oxygens (including phenoxy) is 1. The van der Waals surface area contributed by atoms with Crippen LogP contribution in [0.5, 0.6) is 5.75 Å². The zero-order valence-corrected chi connectivity index (χ0v) is 15.8. The monoisotopic (exact) mass is 330 g/mol. The molecule has 4 heteroatoms. The second kappa shape index (κ2) is 6.72. The Morgan fingerprint density at radius 2 is 1.50 bits per heavy atom. The number of rotatable bonds is 4. The van der Waals surface area contributed by atoms with E-state index in [1.54, 1.807) is 0 Å². The van der Waals surface area contributed by atoms with Crippen LogP contribution in [0.2, 0.25) is 0 Å². The van der Waals surface area contributed by atoms with Gasteiger partial charge in [0.1, 0.15) is 5.75 Å². The molecular formula is C20H31BO3. The molecule has 0 unspecified atom stereocenters. The summed E-state index contributed by atoms with van der Waals surface area (Å²) in [6.45, 7) is 10.6. The first-order valence-corrected chi connectivity index (χ1v) is 9.43. The Morgan fingerprint density at radius 1 is 0.958 bits per heavy atom. The van der Waals surface area contributed by atoms with E-state index in [0.29, 0.717) is 6.10 Å². The van der Waals surface area contributed by atoms with Crippen molar-refractivity contribution in [1.82, 2.24) is 0 Å². The molecule has 0 N–H and O–H groups in total. The van der Waals surface area contributed by atoms with Crippen LogP contribution in [0, 0.1) is 5.92 Å². The molecule has 0 atom stereocenters. The van der Waals surface area contributed by atoms with Gasteiger partial charge in [-0.2, -0.15) is 0 Å². The molecule has 1 heterocycles. The Hall–Kier alpha value is -0.995. The summed E-state index contributed by atoms with van der Waals surface area (Å²) in [7, 11) is -0.302. The molecule has 0 aromatic heterocycles. The van der Waals surface area contributed by atoms with Crippen LogP contribution in [0.3, 0.4) is 0 Å². The Balaban J connectivity index is 1.59. The standard InChI is InChI=1S/C20H31BO3/c1-6-15-7-11-17(12-8-15)22-18-13-9-16(10-14-18)21-23-19(2,3)20(4,5)24-21/h9-10,13-15,17H,6-8,11-12H2,1-5H3/t15-,17-. The minimum atomic E-state index is -0.302. The fraction of sp³-hybridized carbons (Fsp3) is 0.700. The first-order valence-electron chi connectivity index (χ1n) is 9.43. The second-order valence-electron chi connectivity index (χ2n) is 8.33. The summed E-state index contributed by atoms with van der Waals surface area (Å²) in [5, 5.41) is 0. The van der Waals surface area contributed by atoms with E-state index in [2.05, 4.69) is 46.8 Å². The van der Waals surface area contributed by atoms with Crippen molar-refractivity contribution in [3.63, 3.8) is 0 Å². The lowest BCUT2D eigenvalue weighted by Crippen LogP contribution is -2.41. The van der Waals surface area contributed by atoms with E-state index in [0.717, 1.165) is 17.1 Å². The van der Waals surface area contributed by atoms with E-state index >= 15 is 0 Å². The third-order valence-electron chi connectivity index (χ3n) is 6.08. The van der Waals surface area contributed by atoms with Gasteiger partial charge in [0.15, 0.2) is 0 Å². The fourth-order valence-corrected chi connectivity index (χ4v) is 3.53. The maximum atomic E-state index is 6.17. The molecular weight excluding hydrogens is 299 g/mol. The minimum Gasteiger partial charge on any atom is -0.490 e. The topological polar surface area (TPSA) is 27.7 Å². The lowest BCUT2D eigenvalue weighted by atomic mass is 9.79. The number of benzene rings is 1. The quantitative estimate of drug-likeness (QED) is 0.769. The summed E-state index contributed by atoms with van der Waals surface area (Å²) in [6, 6.07) is 8.23. The third kappa shape index (κ3) is 3.65. The van der Waals surface area contributed by atoms with Crippen molar-refractivity contribution >= 4 is 12.6 Å². The van der Waals surface area contributed by atoms with Gasteiger partial charge in [0.25, 0.3) is 0 Å². The molecule has 0 bridgehead atoms. The Kier molecular flexibility index (Phi) is 4.99. The van der Waals surface area contributed by atoms with Gasteiger partial charge >= 0.3 is 7.12 Å². The average Bonchev–Trinajstić information content (AvgIpc) is 2.77. The molecule has 0 radical (unpaired) electrons. The van der Waals surface area contributed by atoms with E-state index in [1.807, 2.05) is 12.1 Å². The van der Waals surface area contributed by atoms with Crippen LogP contribution in [0.4, 0.5) is 0 Å². The number of hydrogen-bond donors (Lipinski definition) is 0. The largest absolute Gasteiger partial charge is 0.494 e. The van der Waals surface area contributed by atoms with E-state index in [4.69, 9.17) is 14.0 Å². The van der Waals surface area contributed by atoms with Crippen molar-refractivity contribution in [2.24, 2.45) is 5.92 Å². The first kappa shape index (κ1) is 17.8. The smallest absolute Gasteiger partial charge is 0.490 e. The molecule has 2 fully saturated rings. The highest BCUT2D eigenvalue weighted by Gasteiger charge is 2.51. The van der Waals surface area contributed by atoms with E-state index < -0.39 is 0 Å². The van der Waals surface area contributed by atoms with Crippen LogP contribution in [-0.4, -0.2) is 24.4 Å². The van der Waals surface area contributed by atoms with Crippen LogP contribution in [0.1, 0.15) is 66.7 Å². The molecule has 3 rings (SSSR count). The van der Waals surface area contributed by atoms with Gasteiger partial charge in [0.2, 0.25) is 0 Å². The summed E-state index contributed by atoms with van der Waals surface area (Å²) in [5.41, 5.74) is 0.450. The normalized spacial score (nSPS) is 28.8. The molecule has 0 spiro atoms. The first-order chi connectivity index (χ1) is 11.3. The van der Waals surface area contributed by atoms with Gasteiger partial charge in [0.05, 0.1) is 17.3 Å². The van der Waals surface area contributed by atoms with Gasteiger partial charge < -0.3 is 14.0 Å². The molecule has 1 aliphatic heterocycles. The zero-order valence-electron chi connectivity index (χ0n) is 15.8. The van der Waals surface area contributed by atoms with Gasteiger partial charge in [-0.3, -0.25) is 0 Å². The molecule has 1 aromatic carbocycles. The Labute approximate surface area is 147 Å². The van der Waals surface area contributed by atoms with E-state index in [1.165, 1.54) is 32.1 Å². The van der Waals surface area contributed by atoms with Crippen molar-refractivity contribution in [2.75, 3.05) is 0 Å². The van der Waals surface area contributed by atoms with Gasteiger partial charge in [-0.25, -0.2) is 0 Å². The van der Waals surface area contributed by atoms with Crippen molar-refractivity contribution in [2.45, 2.75) is 84.0 Å². The maximum Gasteiger partial charge on any atom is 0.494 e. The van der Waals surface area contributed by atoms with Crippen molar-refractivity contribution in [3.05, 3.63) is 24.3 Å². The number of hydrogen-bond acceptors (Lipinski definition) is 3. The maximum absolute atomic E-state index is 6.17. The molecule has 24 heavy (non-hydrogen) atoms. The van der Waals surface area contributed by atoms with Crippen LogP contribution >= 0.6 is 0 Å². The summed E-state index contributed by atoms with van der Waals surface area (Å²) in [6.07, 6.45) is 6.63. The van der Waals surface area contributed by atoms with Gasteiger partial charge in [-0.15, -0.1) is 0 Å². The zero-order chi connectivity index (χ0) is 17.4. The Morgan fingerprint density at radius 3 is 2.00 bits per heavy atom. The van der Waals surface area contributed by atoms with Crippen molar-refractivity contribution in [1.29, 1.82) is 0 Å². The molecule has 1 saturated carbocycles. The molecule has 132 valence electrons. The van der Waals surface area contributed by atoms with Crippen LogP contribution in [0.25, 0.3) is 0 Å². The summed E-state index contributed by atoms with van der Waals surface area (Å²) in [5.74, 6) is 1.85. The van der Waals surface area contributed by atoms with Gasteiger partial charge in [-0.1, -0.05) is 25.5 Å². The molecule has 3 nitrogen and oxygen atoms in total. The Bertz CT molecular complexity index is 529. The lowest BCUT2D eigenvalue weighted by molar-refractivity contribution is 0.00578. The molecule has 1 aliphatic carbocycles. The van der Waals surface area contributed by atoms with Crippen molar-refractivity contribution in [3.8, 4) is 5.75 Å². The second-order valence-corrected chi connectivity index (χ2v) is 8.33. The highest BCUT2D eigenvalue weighted by molar-refractivity contribution is 6.62. The van der Waals surface area contributed by atoms with Crippen LogP contribution in [-0.2, 0) is 9.31 Å². The highest BCUT2D eigenvalue weighted by atomic mass is 16.7. The summed E-state index contributed by atoms with van der Waals surface area (Å²) < 4.78 is 18.4. The molecule has 1 aromatic rings. The molecule has 2 aliphatic rings. The van der Waals surface area contributed by atoms with Crippen molar-refractivity contribution < 1.29 is 14.0 Å². The van der Waals surface area contributed by atoms with Gasteiger partial charge in [0, 0.05) is 0 Å². The average molecular weight is 330 g/mol. The van der Waals surface area contributed by atoms with E-state index in [-0.39, 0.29) is 18.3 Å². The summed E-state index contributed by atoms with van der Waals surface area (Å²) in [4.78, 5) is 0. The fourth-order valence-electron chi connectivity index (χ4n) is 3.53. The molecule has 0 amide bonds. The molecule has 1 saturated heterocycles. The lowest BCUT2D eigenvalue weighted by Gasteiger charge is -2.32. The van der Waals surface area contributed by atoms with Gasteiger partial charge in [-0.05, 0) is 76.9 Å². The van der Waals surface area contributed by atoms with Crippen LogP contribution < -0.4 is 10.2 Å². The SMILES string of the molecule is CC[C@H]1CC[C@H](Oc2ccc(B3OC(C)(C)C(C)(C)O3)cc2)CC1. The van der Waals surface area contributed by atoms with Crippen LogP contribution in [0.15, 0.2) is 24.3 Å². The van der Waals surface area contributed by atoms with E-state index in [9.17, 15) is 0 Å². The minimum absolute atomic E-state index is 0.301. The third-order valence-corrected chi connectivity index (χ3v) is 6.08. The summed E-state index contributed by atoms with van der Waals surface area (Å²) >= 11 is 0. The predicted octanol–water partition coefficient (Wildman–Crippen LogP) is 4.33.